The summed E-state index contributed by atoms with van der Waals surface area (Å²) in [7, 11) is 1.31. The van der Waals surface area contributed by atoms with Gasteiger partial charge < -0.3 is 20.1 Å². The molecule has 2 aliphatic heterocycles. The molecule has 0 saturated carbocycles. The van der Waals surface area contributed by atoms with Crippen LogP contribution in [0.15, 0.2) is 72.8 Å². The van der Waals surface area contributed by atoms with Gasteiger partial charge in [0.1, 0.15) is 0 Å². The summed E-state index contributed by atoms with van der Waals surface area (Å²) in [5.74, 6) is -1.13. The molecule has 10 nitrogen and oxygen atoms in total. The molecule has 2 heterocycles. The van der Waals surface area contributed by atoms with E-state index < -0.39 is 5.97 Å². The van der Waals surface area contributed by atoms with Crippen molar-refractivity contribution < 1.29 is 28.7 Å². The van der Waals surface area contributed by atoms with Gasteiger partial charge in [-0.2, -0.15) is 0 Å². The first-order chi connectivity index (χ1) is 19.5. The van der Waals surface area contributed by atoms with Crippen molar-refractivity contribution in [2.45, 2.75) is 0 Å². The Morgan fingerprint density at radius 1 is 0.950 bits per heavy atom. The highest BCUT2D eigenvalue weighted by Gasteiger charge is 2.29. The summed E-state index contributed by atoms with van der Waals surface area (Å²) < 4.78 is 10.1. The third-order valence-electron chi connectivity index (χ3n) is 6.69. The van der Waals surface area contributed by atoms with Gasteiger partial charge in [0.25, 0.3) is 11.8 Å². The fourth-order valence-corrected chi connectivity index (χ4v) is 4.57. The monoisotopic (exact) mass is 542 g/mol. The van der Waals surface area contributed by atoms with Gasteiger partial charge in [-0.05, 0) is 42.0 Å². The van der Waals surface area contributed by atoms with E-state index in [9.17, 15) is 14.4 Å². The van der Waals surface area contributed by atoms with Crippen LogP contribution in [0.4, 0.5) is 11.4 Å². The second-order valence-electron chi connectivity index (χ2n) is 9.26. The Morgan fingerprint density at radius 2 is 1.68 bits per heavy atom. The molecular formula is C30H30N4O6. The number of nitrogens with one attached hydrogen (secondary N) is 3. The average molecular weight is 543 g/mol. The Morgan fingerprint density at radius 3 is 2.40 bits per heavy atom. The van der Waals surface area contributed by atoms with Gasteiger partial charge in [-0.1, -0.05) is 36.4 Å². The first-order valence-electron chi connectivity index (χ1n) is 13.0. The lowest BCUT2D eigenvalue weighted by atomic mass is 9.99. The van der Waals surface area contributed by atoms with E-state index in [0.717, 1.165) is 18.7 Å². The summed E-state index contributed by atoms with van der Waals surface area (Å²) >= 11 is 0. The van der Waals surface area contributed by atoms with E-state index in [1.165, 1.54) is 7.11 Å². The largest absolute Gasteiger partial charge is 0.465 e. The quantitative estimate of drug-likeness (QED) is 0.163. The number of rotatable bonds is 9. The van der Waals surface area contributed by atoms with Gasteiger partial charge in [-0.3, -0.25) is 19.3 Å². The maximum absolute atomic E-state index is 13.2. The zero-order valence-electron chi connectivity index (χ0n) is 22.1. The number of hydroxylamine groups is 1. The number of amides is 2. The lowest BCUT2D eigenvalue weighted by Gasteiger charge is -2.26. The van der Waals surface area contributed by atoms with Gasteiger partial charge in [0, 0.05) is 36.4 Å². The molecule has 2 amide bonds. The highest BCUT2D eigenvalue weighted by atomic mass is 16.7. The Balaban J connectivity index is 1.32. The van der Waals surface area contributed by atoms with Crippen LogP contribution in [-0.2, 0) is 19.1 Å². The van der Waals surface area contributed by atoms with Gasteiger partial charge in [-0.15, -0.1) is 0 Å². The summed E-state index contributed by atoms with van der Waals surface area (Å²) in [4.78, 5) is 45.3. The lowest BCUT2D eigenvalue weighted by Crippen LogP contribution is -2.39. The summed E-state index contributed by atoms with van der Waals surface area (Å²) in [6, 6.07) is 21.3. The van der Waals surface area contributed by atoms with Crippen molar-refractivity contribution in [1.82, 2.24) is 10.4 Å². The fourth-order valence-electron chi connectivity index (χ4n) is 4.57. The number of hydrogen-bond donors (Lipinski definition) is 3. The second-order valence-corrected chi connectivity index (χ2v) is 9.26. The number of ether oxygens (including phenoxy) is 2. The Labute approximate surface area is 231 Å². The van der Waals surface area contributed by atoms with Crippen LogP contribution in [-0.4, -0.2) is 69.2 Å². The Kier molecular flexibility index (Phi) is 8.50. The van der Waals surface area contributed by atoms with E-state index in [4.69, 9.17) is 14.3 Å². The normalized spacial score (nSPS) is 16.1. The van der Waals surface area contributed by atoms with E-state index in [-0.39, 0.29) is 11.8 Å². The van der Waals surface area contributed by atoms with Crippen molar-refractivity contribution in [3.8, 4) is 0 Å². The van der Waals surface area contributed by atoms with E-state index in [1.807, 2.05) is 30.3 Å². The van der Waals surface area contributed by atoms with E-state index in [0.29, 0.717) is 65.7 Å². The number of nitrogens with zero attached hydrogens (tertiary/aromatic N) is 1. The van der Waals surface area contributed by atoms with Crippen LogP contribution in [0.1, 0.15) is 31.8 Å². The molecule has 3 N–H and O–H groups in total. The second kappa shape index (κ2) is 12.6. The molecule has 0 aromatic heterocycles. The van der Waals surface area contributed by atoms with Crippen molar-refractivity contribution in [1.29, 1.82) is 0 Å². The number of morpholine rings is 1. The highest BCUT2D eigenvalue weighted by Crippen LogP contribution is 2.38. The van der Waals surface area contributed by atoms with Crippen LogP contribution in [0.25, 0.3) is 11.3 Å². The lowest BCUT2D eigenvalue weighted by molar-refractivity contribution is -0.110. The molecule has 0 aliphatic carbocycles. The van der Waals surface area contributed by atoms with Crippen LogP contribution in [0.3, 0.4) is 0 Å². The van der Waals surface area contributed by atoms with Crippen LogP contribution < -0.4 is 16.1 Å². The van der Waals surface area contributed by atoms with Crippen LogP contribution in [0.2, 0.25) is 0 Å². The van der Waals surface area contributed by atoms with Crippen LogP contribution in [0, 0.1) is 0 Å². The minimum atomic E-state index is -0.484. The van der Waals surface area contributed by atoms with Gasteiger partial charge in [0.05, 0.1) is 49.5 Å². The molecule has 2 aliphatic rings. The highest BCUT2D eigenvalue weighted by molar-refractivity contribution is 6.37. The van der Waals surface area contributed by atoms with Crippen molar-refractivity contribution in [3.05, 3.63) is 95.1 Å². The predicted molar refractivity (Wildman–Crippen MR) is 150 cm³/mol. The van der Waals surface area contributed by atoms with E-state index in [1.54, 1.807) is 42.5 Å². The third kappa shape index (κ3) is 6.20. The number of anilines is 2. The summed E-state index contributed by atoms with van der Waals surface area (Å²) in [6.45, 7) is 4.23. The number of methoxy groups -OCH3 is 1. The number of carbonyl (C=O) groups excluding carboxylic acids is 3. The molecule has 0 unspecified atom stereocenters. The Bertz CT molecular complexity index is 1420. The van der Waals surface area contributed by atoms with Gasteiger partial charge in [-0.25, -0.2) is 10.3 Å². The average Bonchev–Trinajstić information content (AvgIpc) is 3.33. The van der Waals surface area contributed by atoms with Crippen molar-refractivity contribution in [3.63, 3.8) is 0 Å². The van der Waals surface area contributed by atoms with Crippen molar-refractivity contribution in [2.75, 3.05) is 57.2 Å². The van der Waals surface area contributed by atoms with Crippen LogP contribution in [0.5, 0.6) is 0 Å². The molecule has 0 atom stereocenters. The summed E-state index contributed by atoms with van der Waals surface area (Å²) in [5.41, 5.74) is 6.97. The van der Waals surface area contributed by atoms with Crippen molar-refractivity contribution >= 4 is 40.4 Å². The number of hydrogen-bond acceptors (Lipinski definition) is 8. The fraction of sp³-hybridized carbons (Fsp3) is 0.233. The maximum atomic E-state index is 13.2. The molecule has 3 aromatic carbocycles. The molecule has 1 fully saturated rings. The van der Waals surface area contributed by atoms with E-state index >= 15 is 0 Å². The first-order valence-corrected chi connectivity index (χ1v) is 13.0. The van der Waals surface area contributed by atoms with Crippen LogP contribution >= 0.6 is 0 Å². The molecule has 10 heteroatoms. The third-order valence-corrected chi connectivity index (χ3v) is 6.69. The molecule has 0 radical (unpaired) electrons. The number of fused-ring (bicyclic) bond motifs is 1. The number of carbonyl (C=O) groups is 3. The Hall–Kier alpha value is -4.51. The van der Waals surface area contributed by atoms with Gasteiger partial charge >= 0.3 is 5.97 Å². The first kappa shape index (κ1) is 27.1. The summed E-state index contributed by atoms with van der Waals surface area (Å²) in [6.07, 6.45) is 0. The summed E-state index contributed by atoms with van der Waals surface area (Å²) in [5, 5.41) is 6.21. The standard InChI is InChI=1S/C30H30N4O6/c1-38-30(37)22-9-12-24-25(19-22)32-29(36)26(24)27(20-5-3-2-4-6-20)31-23-10-7-21(8-11-23)28(35)33-40-18-15-34-13-16-39-17-14-34/h2-12,19,31H,13-18H2,1H3,(H,32,36)(H,33,35)/b27-26-. The van der Waals surface area contributed by atoms with Crippen molar-refractivity contribution in [2.24, 2.45) is 0 Å². The SMILES string of the molecule is COC(=O)c1ccc2c(c1)NC(=O)/C2=C(\Nc1ccc(C(=O)NOCCN2CCOCC2)cc1)c1ccccc1. The molecule has 0 bridgehead atoms. The topological polar surface area (TPSA) is 118 Å². The van der Waals surface area contributed by atoms with Gasteiger partial charge in [0.2, 0.25) is 0 Å². The zero-order chi connectivity index (χ0) is 27.9. The molecule has 5 rings (SSSR count). The molecular weight excluding hydrogens is 512 g/mol. The smallest absolute Gasteiger partial charge is 0.337 e. The molecule has 0 spiro atoms. The number of benzene rings is 3. The number of esters is 1. The molecule has 3 aromatic rings. The minimum Gasteiger partial charge on any atom is -0.465 e. The minimum absolute atomic E-state index is 0.298. The van der Waals surface area contributed by atoms with Gasteiger partial charge in [0.15, 0.2) is 0 Å². The molecule has 206 valence electrons. The molecule has 40 heavy (non-hydrogen) atoms. The molecule has 1 saturated heterocycles. The van der Waals surface area contributed by atoms with E-state index in [2.05, 4.69) is 21.0 Å². The maximum Gasteiger partial charge on any atom is 0.337 e. The predicted octanol–water partition coefficient (Wildman–Crippen LogP) is 3.40. The zero-order valence-corrected chi connectivity index (χ0v) is 22.1.